The number of benzene rings is 2. The number of likely N-dealkylation sites (N-methyl/N-ethyl adjacent to an activating group) is 1. The van der Waals surface area contributed by atoms with E-state index in [0.29, 0.717) is 12.0 Å². The first-order valence-corrected chi connectivity index (χ1v) is 7.25. The van der Waals surface area contributed by atoms with Crippen molar-refractivity contribution in [1.29, 1.82) is 0 Å². The lowest BCUT2D eigenvalue weighted by atomic mass is 9.98. The maximum atomic E-state index is 13.9. The summed E-state index contributed by atoms with van der Waals surface area (Å²) in [6.45, 7) is 0. The topological polar surface area (TPSA) is 12.0 Å². The van der Waals surface area contributed by atoms with Crippen molar-refractivity contribution in [2.24, 2.45) is 0 Å². The molecule has 20 heavy (non-hydrogen) atoms. The third-order valence-corrected chi connectivity index (χ3v) is 4.15. The predicted molar refractivity (Wildman–Crippen MR) is 81.0 cm³/mol. The molecule has 0 aliphatic carbocycles. The third-order valence-electron chi connectivity index (χ3n) is 3.14. The average molecular weight is 361 g/mol. The summed E-state index contributed by atoms with van der Waals surface area (Å²) in [5.74, 6) is -0.753. The fraction of sp³-hybridized carbons (Fsp3) is 0.200. The Bertz CT molecular complexity index is 619. The van der Waals surface area contributed by atoms with Gasteiger partial charge in [0.2, 0.25) is 0 Å². The number of hydrogen-bond acceptors (Lipinski definition) is 1. The number of hydrogen-bond donors (Lipinski definition) is 1. The molecule has 0 amide bonds. The lowest BCUT2D eigenvalue weighted by Crippen LogP contribution is -2.20. The Hall–Kier alpha value is -0.970. The van der Waals surface area contributed by atoms with E-state index in [0.717, 1.165) is 10.0 Å². The van der Waals surface area contributed by atoms with E-state index in [4.69, 9.17) is 11.6 Å². The van der Waals surface area contributed by atoms with Crippen molar-refractivity contribution in [2.45, 2.75) is 12.5 Å². The van der Waals surface area contributed by atoms with E-state index >= 15 is 0 Å². The van der Waals surface area contributed by atoms with Crippen LogP contribution in [0.3, 0.4) is 0 Å². The first kappa shape index (κ1) is 15.4. The average Bonchev–Trinajstić information content (AvgIpc) is 2.43. The first-order chi connectivity index (χ1) is 9.52. The Morgan fingerprint density at radius 3 is 2.70 bits per heavy atom. The highest BCUT2D eigenvalue weighted by Gasteiger charge is 2.17. The van der Waals surface area contributed by atoms with Gasteiger partial charge in [0.25, 0.3) is 0 Å². The van der Waals surface area contributed by atoms with Gasteiger partial charge in [-0.2, -0.15) is 0 Å². The molecular weight excluding hydrogens is 348 g/mol. The Labute approximate surface area is 130 Å². The maximum absolute atomic E-state index is 13.9. The van der Waals surface area contributed by atoms with Crippen molar-refractivity contribution in [2.75, 3.05) is 7.05 Å². The zero-order valence-corrected chi connectivity index (χ0v) is 13.1. The molecule has 0 saturated heterocycles. The molecule has 0 radical (unpaired) electrons. The van der Waals surface area contributed by atoms with Gasteiger partial charge in [-0.1, -0.05) is 39.7 Å². The molecule has 1 nitrogen and oxygen atoms in total. The summed E-state index contributed by atoms with van der Waals surface area (Å²) in [7, 11) is 1.75. The molecule has 5 heteroatoms. The molecule has 2 aromatic carbocycles. The van der Waals surface area contributed by atoms with Crippen molar-refractivity contribution in [3.8, 4) is 0 Å². The summed E-state index contributed by atoms with van der Waals surface area (Å²) in [6.07, 6.45) is 0.380. The van der Waals surface area contributed by atoms with E-state index in [1.165, 1.54) is 18.2 Å². The van der Waals surface area contributed by atoms with Crippen LogP contribution in [0.4, 0.5) is 8.78 Å². The van der Waals surface area contributed by atoms with Gasteiger partial charge in [-0.3, -0.25) is 0 Å². The van der Waals surface area contributed by atoms with Crippen molar-refractivity contribution >= 4 is 27.5 Å². The summed E-state index contributed by atoms with van der Waals surface area (Å²) in [6, 6.07) is 9.13. The zero-order valence-electron chi connectivity index (χ0n) is 10.8. The van der Waals surface area contributed by atoms with Crippen LogP contribution in [-0.2, 0) is 6.42 Å². The van der Waals surface area contributed by atoms with E-state index in [2.05, 4.69) is 21.2 Å². The molecule has 0 aliphatic rings. The van der Waals surface area contributed by atoms with Crippen molar-refractivity contribution in [3.05, 3.63) is 68.7 Å². The van der Waals surface area contributed by atoms with Crippen molar-refractivity contribution in [3.63, 3.8) is 0 Å². The van der Waals surface area contributed by atoms with Crippen LogP contribution in [0.5, 0.6) is 0 Å². The zero-order chi connectivity index (χ0) is 14.7. The van der Waals surface area contributed by atoms with Gasteiger partial charge in [-0.05, 0) is 48.9 Å². The van der Waals surface area contributed by atoms with Crippen LogP contribution in [0.15, 0.2) is 40.9 Å². The third kappa shape index (κ3) is 3.37. The summed E-state index contributed by atoms with van der Waals surface area (Å²) in [4.78, 5) is 0. The second-order valence-electron chi connectivity index (χ2n) is 4.42. The Balaban J connectivity index is 2.34. The van der Waals surface area contributed by atoms with E-state index in [1.54, 1.807) is 25.2 Å². The van der Waals surface area contributed by atoms with E-state index in [-0.39, 0.29) is 16.9 Å². The van der Waals surface area contributed by atoms with Gasteiger partial charge in [-0.25, -0.2) is 8.78 Å². The maximum Gasteiger partial charge on any atom is 0.145 e. The standard InChI is InChI=1S/C15H13BrClF2N/c1-20-14(11-8-10(18)5-6-12(11)16)7-9-3-2-4-13(17)15(9)19/h2-6,8,14,20H,7H2,1H3. The number of rotatable bonds is 4. The molecule has 0 spiro atoms. The molecule has 0 aromatic heterocycles. The van der Waals surface area contributed by atoms with Gasteiger partial charge < -0.3 is 5.32 Å². The van der Waals surface area contributed by atoms with Crippen LogP contribution in [0.1, 0.15) is 17.2 Å². The summed E-state index contributed by atoms with van der Waals surface area (Å²) >= 11 is 9.17. The van der Waals surface area contributed by atoms with Crippen molar-refractivity contribution in [1.82, 2.24) is 5.32 Å². The number of halogens is 4. The molecule has 0 aliphatic heterocycles. The molecular formula is C15H13BrClF2N. The minimum Gasteiger partial charge on any atom is -0.313 e. The Morgan fingerprint density at radius 1 is 1.25 bits per heavy atom. The fourth-order valence-corrected chi connectivity index (χ4v) is 2.79. The second-order valence-corrected chi connectivity index (χ2v) is 5.69. The molecule has 106 valence electrons. The predicted octanol–water partition coefficient (Wildman–Crippen LogP) is 4.88. The largest absolute Gasteiger partial charge is 0.313 e. The van der Waals surface area contributed by atoms with E-state index in [1.807, 2.05) is 0 Å². The van der Waals surface area contributed by atoms with Gasteiger partial charge in [0.15, 0.2) is 0 Å². The summed E-state index contributed by atoms with van der Waals surface area (Å²) < 4.78 is 28.1. The molecule has 1 N–H and O–H groups in total. The number of nitrogens with one attached hydrogen (secondary N) is 1. The normalized spacial score (nSPS) is 12.4. The van der Waals surface area contributed by atoms with Gasteiger partial charge in [0.1, 0.15) is 11.6 Å². The second kappa shape index (κ2) is 6.66. The molecule has 2 aromatic rings. The highest BCUT2D eigenvalue weighted by molar-refractivity contribution is 9.10. The summed E-state index contributed by atoms with van der Waals surface area (Å²) in [5, 5.41) is 3.17. The molecule has 0 heterocycles. The smallest absolute Gasteiger partial charge is 0.145 e. The molecule has 2 rings (SSSR count). The molecule has 1 atom stereocenters. The van der Waals surface area contributed by atoms with Crippen LogP contribution < -0.4 is 5.32 Å². The molecule has 0 bridgehead atoms. The lowest BCUT2D eigenvalue weighted by molar-refractivity contribution is 0.547. The fourth-order valence-electron chi connectivity index (χ4n) is 2.08. The molecule has 0 fully saturated rings. The lowest BCUT2D eigenvalue weighted by Gasteiger charge is -2.19. The minimum atomic E-state index is -0.429. The van der Waals surface area contributed by atoms with Gasteiger partial charge in [0, 0.05) is 10.5 Å². The van der Waals surface area contributed by atoms with E-state index in [9.17, 15) is 8.78 Å². The van der Waals surface area contributed by atoms with Crippen LogP contribution in [0, 0.1) is 11.6 Å². The SMILES string of the molecule is CNC(Cc1cccc(Cl)c1F)c1cc(F)ccc1Br. The van der Waals surface area contributed by atoms with Gasteiger partial charge >= 0.3 is 0 Å². The summed E-state index contributed by atoms with van der Waals surface area (Å²) in [5.41, 5.74) is 1.24. The highest BCUT2D eigenvalue weighted by Crippen LogP contribution is 2.28. The molecule has 1 unspecified atom stereocenters. The quantitative estimate of drug-likeness (QED) is 0.819. The highest BCUT2D eigenvalue weighted by atomic mass is 79.9. The van der Waals surface area contributed by atoms with Crippen LogP contribution in [-0.4, -0.2) is 7.05 Å². The Kier molecular flexibility index (Phi) is 5.13. The first-order valence-electron chi connectivity index (χ1n) is 6.08. The Morgan fingerprint density at radius 2 is 2.00 bits per heavy atom. The van der Waals surface area contributed by atoms with Crippen LogP contribution >= 0.6 is 27.5 Å². The van der Waals surface area contributed by atoms with Crippen LogP contribution in [0.2, 0.25) is 5.02 Å². The molecule has 0 saturated carbocycles. The monoisotopic (exact) mass is 359 g/mol. The minimum absolute atomic E-state index is 0.0932. The van der Waals surface area contributed by atoms with Crippen LogP contribution in [0.25, 0.3) is 0 Å². The van der Waals surface area contributed by atoms with E-state index < -0.39 is 5.82 Å². The van der Waals surface area contributed by atoms with Gasteiger partial charge in [-0.15, -0.1) is 0 Å². The van der Waals surface area contributed by atoms with Crippen molar-refractivity contribution < 1.29 is 8.78 Å². The van der Waals surface area contributed by atoms with Gasteiger partial charge in [0.05, 0.1) is 5.02 Å².